The van der Waals surface area contributed by atoms with Gasteiger partial charge in [0.1, 0.15) is 11.5 Å². The standard InChI is InChI=1S/C23H28N2O4/c1-4-25-15-18(14-22(25)26)23(27)24-21(17-7-11-20(29-3)12-8-17)13-16-5-9-19(28-2)10-6-16/h5-12,18,21H,4,13-15H2,1-3H3,(H,24,27)/t18-,21+/m0/s1. The highest BCUT2D eigenvalue weighted by molar-refractivity contribution is 5.89. The van der Waals surface area contributed by atoms with E-state index in [2.05, 4.69) is 5.32 Å². The lowest BCUT2D eigenvalue weighted by Gasteiger charge is -2.22. The first kappa shape index (κ1) is 20.7. The predicted molar refractivity (Wildman–Crippen MR) is 111 cm³/mol. The Bertz CT molecular complexity index is 833. The number of amides is 2. The Labute approximate surface area is 171 Å². The van der Waals surface area contributed by atoms with Crippen molar-refractivity contribution in [3.05, 3.63) is 59.7 Å². The van der Waals surface area contributed by atoms with E-state index < -0.39 is 0 Å². The van der Waals surface area contributed by atoms with E-state index in [1.807, 2.05) is 55.5 Å². The minimum Gasteiger partial charge on any atom is -0.497 e. The zero-order valence-electron chi connectivity index (χ0n) is 17.2. The highest BCUT2D eigenvalue weighted by atomic mass is 16.5. The molecule has 0 bridgehead atoms. The topological polar surface area (TPSA) is 67.9 Å². The smallest absolute Gasteiger partial charge is 0.225 e. The van der Waals surface area contributed by atoms with Crippen molar-refractivity contribution >= 4 is 11.8 Å². The monoisotopic (exact) mass is 396 g/mol. The molecule has 1 saturated heterocycles. The molecule has 0 aliphatic carbocycles. The number of rotatable bonds is 8. The van der Waals surface area contributed by atoms with Crippen LogP contribution in [-0.2, 0) is 16.0 Å². The quantitative estimate of drug-likeness (QED) is 0.745. The Morgan fingerprint density at radius 2 is 1.66 bits per heavy atom. The van der Waals surface area contributed by atoms with Gasteiger partial charge in [0.25, 0.3) is 0 Å². The van der Waals surface area contributed by atoms with Gasteiger partial charge in [-0.15, -0.1) is 0 Å². The number of methoxy groups -OCH3 is 2. The average Bonchev–Trinajstić information content (AvgIpc) is 3.14. The summed E-state index contributed by atoms with van der Waals surface area (Å²) < 4.78 is 10.5. The fourth-order valence-electron chi connectivity index (χ4n) is 3.63. The minimum absolute atomic E-state index is 0.0452. The van der Waals surface area contributed by atoms with Crippen LogP contribution in [0.3, 0.4) is 0 Å². The van der Waals surface area contributed by atoms with Gasteiger partial charge in [-0.3, -0.25) is 9.59 Å². The van der Waals surface area contributed by atoms with Crippen molar-refractivity contribution in [2.75, 3.05) is 27.3 Å². The first-order valence-corrected chi connectivity index (χ1v) is 9.89. The van der Waals surface area contributed by atoms with E-state index in [9.17, 15) is 9.59 Å². The van der Waals surface area contributed by atoms with Gasteiger partial charge in [0, 0.05) is 19.5 Å². The molecule has 154 valence electrons. The summed E-state index contributed by atoms with van der Waals surface area (Å²) in [7, 11) is 3.26. The summed E-state index contributed by atoms with van der Waals surface area (Å²) in [5.41, 5.74) is 2.08. The second-order valence-corrected chi connectivity index (χ2v) is 7.22. The number of carbonyl (C=O) groups excluding carboxylic acids is 2. The molecule has 29 heavy (non-hydrogen) atoms. The number of carbonyl (C=O) groups is 2. The maximum atomic E-state index is 12.9. The van der Waals surface area contributed by atoms with E-state index in [1.54, 1.807) is 19.1 Å². The van der Waals surface area contributed by atoms with Crippen LogP contribution in [0.15, 0.2) is 48.5 Å². The first-order valence-electron chi connectivity index (χ1n) is 9.89. The van der Waals surface area contributed by atoms with Crippen LogP contribution in [0.1, 0.15) is 30.5 Å². The summed E-state index contributed by atoms with van der Waals surface area (Å²) in [6.07, 6.45) is 0.914. The van der Waals surface area contributed by atoms with Crippen molar-refractivity contribution in [1.82, 2.24) is 10.2 Å². The molecule has 0 saturated carbocycles. The highest BCUT2D eigenvalue weighted by Crippen LogP contribution is 2.25. The third-order valence-corrected chi connectivity index (χ3v) is 5.40. The number of likely N-dealkylation sites (tertiary alicyclic amines) is 1. The number of hydrogen-bond donors (Lipinski definition) is 1. The van der Waals surface area contributed by atoms with E-state index in [-0.39, 0.29) is 30.2 Å². The summed E-state index contributed by atoms with van der Waals surface area (Å²) in [6.45, 7) is 3.05. The Morgan fingerprint density at radius 1 is 1.07 bits per heavy atom. The summed E-state index contributed by atoms with van der Waals surface area (Å²) in [5, 5.41) is 3.17. The van der Waals surface area contributed by atoms with Gasteiger partial charge in [0.15, 0.2) is 0 Å². The van der Waals surface area contributed by atoms with Crippen LogP contribution in [-0.4, -0.2) is 44.0 Å². The molecule has 0 spiro atoms. The van der Waals surface area contributed by atoms with Gasteiger partial charge >= 0.3 is 0 Å². The zero-order valence-corrected chi connectivity index (χ0v) is 17.2. The zero-order chi connectivity index (χ0) is 20.8. The summed E-state index contributed by atoms with van der Waals surface area (Å²) in [6, 6.07) is 15.3. The number of benzene rings is 2. The lowest BCUT2D eigenvalue weighted by atomic mass is 9.97. The van der Waals surface area contributed by atoms with Gasteiger partial charge in [0.2, 0.25) is 11.8 Å². The summed E-state index contributed by atoms with van der Waals surface area (Å²) in [4.78, 5) is 26.7. The van der Waals surface area contributed by atoms with E-state index in [1.165, 1.54) is 0 Å². The maximum Gasteiger partial charge on any atom is 0.225 e. The summed E-state index contributed by atoms with van der Waals surface area (Å²) >= 11 is 0. The molecule has 2 aromatic carbocycles. The minimum atomic E-state index is -0.306. The van der Waals surface area contributed by atoms with Crippen molar-refractivity contribution in [2.24, 2.45) is 5.92 Å². The number of nitrogens with one attached hydrogen (secondary N) is 1. The molecule has 0 radical (unpaired) electrons. The second kappa shape index (κ2) is 9.45. The van der Waals surface area contributed by atoms with Crippen LogP contribution in [0.5, 0.6) is 11.5 Å². The molecule has 1 aliphatic rings. The van der Waals surface area contributed by atoms with Crippen molar-refractivity contribution in [3.8, 4) is 11.5 Å². The number of hydrogen-bond acceptors (Lipinski definition) is 4. The van der Waals surface area contributed by atoms with Gasteiger partial charge in [0.05, 0.1) is 26.2 Å². The Hall–Kier alpha value is -3.02. The molecule has 1 N–H and O–H groups in total. The van der Waals surface area contributed by atoms with Crippen molar-refractivity contribution in [1.29, 1.82) is 0 Å². The van der Waals surface area contributed by atoms with Gasteiger partial charge in [-0.25, -0.2) is 0 Å². The first-order chi connectivity index (χ1) is 14.0. The molecule has 1 fully saturated rings. The molecule has 0 unspecified atom stereocenters. The fraction of sp³-hybridized carbons (Fsp3) is 0.391. The van der Waals surface area contributed by atoms with Crippen molar-refractivity contribution in [2.45, 2.75) is 25.8 Å². The Balaban J connectivity index is 1.77. The fourth-order valence-corrected chi connectivity index (χ4v) is 3.63. The van der Waals surface area contributed by atoms with Gasteiger partial charge in [-0.2, -0.15) is 0 Å². The number of ether oxygens (including phenoxy) is 2. The van der Waals surface area contributed by atoms with Crippen LogP contribution in [0.4, 0.5) is 0 Å². The lowest BCUT2D eigenvalue weighted by molar-refractivity contribution is -0.129. The van der Waals surface area contributed by atoms with Crippen LogP contribution in [0.2, 0.25) is 0 Å². The predicted octanol–water partition coefficient (Wildman–Crippen LogP) is 2.97. The molecule has 3 rings (SSSR count). The Morgan fingerprint density at radius 3 is 2.17 bits per heavy atom. The maximum absolute atomic E-state index is 12.9. The SMILES string of the molecule is CCN1C[C@@H](C(=O)N[C@H](Cc2ccc(OC)cc2)c2ccc(OC)cc2)CC1=O. The molecular formula is C23H28N2O4. The average molecular weight is 396 g/mol. The number of nitrogens with zero attached hydrogens (tertiary/aromatic N) is 1. The molecule has 2 aromatic rings. The van der Waals surface area contributed by atoms with E-state index >= 15 is 0 Å². The third-order valence-electron chi connectivity index (χ3n) is 5.40. The highest BCUT2D eigenvalue weighted by Gasteiger charge is 2.34. The van der Waals surface area contributed by atoms with Crippen molar-refractivity contribution in [3.63, 3.8) is 0 Å². The lowest BCUT2D eigenvalue weighted by Crippen LogP contribution is -2.36. The molecule has 2 atom stereocenters. The third kappa shape index (κ3) is 5.08. The van der Waals surface area contributed by atoms with Gasteiger partial charge in [-0.1, -0.05) is 24.3 Å². The van der Waals surface area contributed by atoms with Gasteiger partial charge in [-0.05, 0) is 48.7 Å². The molecule has 2 amide bonds. The molecule has 6 nitrogen and oxygen atoms in total. The van der Waals surface area contributed by atoms with Crippen LogP contribution >= 0.6 is 0 Å². The Kier molecular flexibility index (Phi) is 6.75. The molecule has 1 heterocycles. The van der Waals surface area contributed by atoms with E-state index in [0.29, 0.717) is 19.5 Å². The normalized spacial score (nSPS) is 17.1. The molecule has 1 aliphatic heterocycles. The van der Waals surface area contributed by atoms with E-state index in [0.717, 1.165) is 22.6 Å². The molecule has 6 heteroatoms. The van der Waals surface area contributed by atoms with Crippen LogP contribution in [0, 0.1) is 5.92 Å². The van der Waals surface area contributed by atoms with E-state index in [4.69, 9.17) is 9.47 Å². The van der Waals surface area contributed by atoms with Crippen molar-refractivity contribution < 1.29 is 19.1 Å². The van der Waals surface area contributed by atoms with Crippen LogP contribution < -0.4 is 14.8 Å². The molecular weight excluding hydrogens is 368 g/mol. The second-order valence-electron chi connectivity index (χ2n) is 7.22. The van der Waals surface area contributed by atoms with Crippen LogP contribution in [0.25, 0.3) is 0 Å². The summed E-state index contributed by atoms with van der Waals surface area (Å²) in [5.74, 6) is 1.22. The molecule has 0 aromatic heterocycles. The van der Waals surface area contributed by atoms with Gasteiger partial charge < -0.3 is 19.7 Å². The largest absolute Gasteiger partial charge is 0.497 e.